The third kappa shape index (κ3) is 4.37. The first-order valence-corrected chi connectivity index (χ1v) is 9.91. The number of benzene rings is 2. The molecule has 1 aromatic heterocycles. The number of carbonyl (C=O) groups is 1. The summed E-state index contributed by atoms with van der Waals surface area (Å²) in [4.78, 5) is 29.5. The second kappa shape index (κ2) is 8.41. The van der Waals surface area contributed by atoms with Crippen LogP contribution in [0.1, 0.15) is 12.8 Å². The number of amides is 2. The number of para-hydroxylation sites is 1. The lowest BCUT2D eigenvalue weighted by Crippen LogP contribution is -2.33. The molecule has 0 aliphatic carbocycles. The SMILES string of the molecule is O=C(Nc1ccc(Cl)c(Cl)c1)Nc1c2ccccc2nc(=O)n1C[C@@H]1CCCO1. The minimum Gasteiger partial charge on any atom is -0.376 e. The van der Waals surface area contributed by atoms with Crippen LogP contribution in [-0.4, -0.2) is 28.3 Å². The number of carbonyl (C=O) groups excluding carboxylic acids is 1. The highest BCUT2D eigenvalue weighted by atomic mass is 35.5. The first-order valence-electron chi connectivity index (χ1n) is 9.15. The predicted molar refractivity (Wildman–Crippen MR) is 114 cm³/mol. The quantitative estimate of drug-likeness (QED) is 0.634. The Balaban J connectivity index is 1.67. The maximum Gasteiger partial charge on any atom is 0.349 e. The maximum atomic E-state index is 12.7. The van der Waals surface area contributed by atoms with E-state index in [1.54, 1.807) is 30.3 Å². The van der Waals surface area contributed by atoms with Gasteiger partial charge >= 0.3 is 11.7 Å². The van der Waals surface area contributed by atoms with Crippen LogP contribution in [0.5, 0.6) is 0 Å². The van der Waals surface area contributed by atoms with Crippen molar-refractivity contribution in [1.82, 2.24) is 9.55 Å². The van der Waals surface area contributed by atoms with Crippen molar-refractivity contribution >= 4 is 51.6 Å². The smallest absolute Gasteiger partial charge is 0.349 e. The van der Waals surface area contributed by atoms with Crippen LogP contribution >= 0.6 is 23.2 Å². The molecule has 2 N–H and O–H groups in total. The standard InChI is InChI=1S/C20H18Cl2N4O3/c21-15-8-7-12(10-16(15)22)23-19(27)25-18-14-5-1-2-6-17(14)24-20(28)26(18)11-13-4-3-9-29-13/h1-2,5-8,10,13H,3-4,9,11H2,(H2,23,25,27)/t13-/m0/s1. The number of ether oxygens (including phenoxy) is 1. The van der Waals surface area contributed by atoms with E-state index < -0.39 is 11.7 Å². The van der Waals surface area contributed by atoms with Crippen LogP contribution in [0.4, 0.5) is 16.3 Å². The average Bonchev–Trinajstić information content (AvgIpc) is 3.20. The number of halogens is 2. The normalized spacial score (nSPS) is 16.1. The summed E-state index contributed by atoms with van der Waals surface area (Å²) in [6, 6.07) is 11.4. The fourth-order valence-corrected chi connectivity index (χ4v) is 3.61. The van der Waals surface area contributed by atoms with E-state index in [0.29, 0.717) is 45.6 Å². The zero-order valence-electron chi connectivity index (χ0n) is 15.3. The van der Waals surface area contributed by atoms with Crippen molar-refractivity contribution in [2.45, 2.75) is 25.5 Å². The third-order valence-corrected chi connectivity index (χ3v) is 5.43. The van der Waals surface area contributed by atoms with E-state index >= 15 is 0 Å². The molecule has 1 aliphatic rings. The molecule has 1 saturated heterocycles. The van der Waals surface area contributed by atoms with E-state index in [1.807, 2.05) is 12.1 Å². The molecule has 0 radical (unpaired) electrons. The lowest BCUT2D eigenvalue weighted by molar-refractivity contribution is 0.0964. The van der Waals surface area contributed by atoms with Gasteiger partial charge in [0, 0.05) is 17.7 Å². The van der Waals surface area contributed by atoms with Crippen molar-refractivity contribution in [2.75, 3.05) is 17.2 Å². The number of fused-ring (bicyclic) bond motifs is 1. The van der Waals surface area contributed by atoms with E-state index in [0.717, 1.165) is 12.8 Å². The lowest BCUT2D eigenvalue weighted by atomic mass is 10.2. The molecule has 1 atom stereocenters. The molecule has 9 heteroatoms. The number of rotatable bonds is 4. The van der Waals surface area contributed by atoms with Crippen LogP contribution in [0.25, 0.3) is 10.9 Å². The van der Waals surface area contributed by atoms with Crippen LogP contribution < -0.4 is 16.3 Å². The van der Waals surface area contributed by atoms with Crippen LogP contribution in [0.15, 0.2) is 47.3 Å². The molecule has 2 amide bonds. The highest BCUT2D eigenvalue weighted by Gasteiger charge is 2.21. The fourth-order valence-electron chi connectivity index (χ4n) is 3.32. The van der Waals surface area contributed by atoms with Gasteiger partial charge in [0.1, 0.15) is 5.82 Å². The van der Waals surface area contributed by atoms with E-state index in [4.69, 9.17) is 27.9 Å². The van der Waals surface area contributed by atoms with Gasteiger partial charge in [0.15, 0.2) is 0 Å². The molecule has 7 nitrogen and oxygen atoms in total. The molecule has 3 aromatic rings. The van der Waals surface area contributed by atoms with Gasteiger partial charge in [-0.25, -0.2) is 9.59 Å². The summed E-state index contributed by atoms with van der Waals surface area (Å²) in [6.07, 6.45) is 1.71. The minimum absolute atomic E-state index is 0.0886. The summed E-state index contributed by atoms with van der Waals surface area (Å²) in [6.45, 7) is 0.986. The van der Waals surface area contributed by atoms with Crippen molar-refractivity contribution in [3.05, 3.63) is 63.0 Å². The molecule has 2 aromatic carbocycles. The number of nitrogens with one attached hydrogen (secondary N) is 2. The van der Waals surface area contributed by atoms with Gasteiger partial charge in [-0.05, 0) is 43.2 Å². The molecule has 150 valence electrons. The van der Waals surface area contributed by atoms with E-state index in [2.05, 4.69) is 15.6 Å². The van der Waals surface area contributed by atoms with Crippen molar-refractivity contribution in [1.29, 1.82) is 0 Å². The molecule has 2 heterocycles. The minimum atomic E-state index is -0.514. The van der Waals surface area contributed by atoms with Crippen LogP contribution in [0, 0.1) is 0 Å². The Morgan fingerprint density at radius 1 is 1.17 bits per heavy atom. The van der Waals surface area contributed by atoms with Gasteiger partial charge in [0.05, 0.1) is 28.2 Å². The number of urea groups is 1. The molecular formula is C20H18Cl2N4O3. The highest BCUT2D eigenvalue weighted by Crippen LogP contribution is 2.26. The molecular weight excluding hydrogens is 415 g/mol. The summed E-state index contributed by atoms with van der Waals surface area (Å²) in [7, 11) is 0. The Bertz CT molecular complexity index is 1130. The number of aromatic nitrogens is 2. The summed E-state index contributed by atoms with van der Waals surface area (Å²) in [5.74, 6) is 0.369. The fraction of sp³-hybridized carbons (Fsp3) is 0.250. The highest BCUT2D eigenvalue weighted by molar-refractivity contribution is 6.42. The van der Waals surface area contributed by atoms with Gasteiger partial charge in [-0.3, -0.25) is 9.88 Å². The first kappa shape index (κ1) is 19.7. The average molecular weight is 433 g/mol. The third-order valence-electron chi connectivity index (χ3n) is 4.70. The molecule has 0 bridgehead atoms. The number of anilines is 2. The van der Waals surface area contributed by atoms with Gasteiger partial charge in [0.25, 0.3) is 0 Å². The summed E-state index contributed by atoms with van der Waals surface area (Å²) < 4.78 is 7.11. The lowest BCUT2D eigenvalue weighted by Gasteiger charge is -2.18. The number of hydrogen-bond donors (Lipinski definition) is 2. The summed E-state index contributed by atoms with van der Waals surface area (Å²) in [5, 5.41) is 6.88. The van der Waals surface area contributed by atoms with E-state index in [1.165, 1.54) is 4.57 Å². The van der Waals surface area contributed by atoms with E-state index in [-0.39, 0.29) is 6.10 Å². The number of nitrogens with zero attached hydrogens (tertiary/aromatic N) is 2. The van der Waals surface area contributed by atoms with Crippen LogP contribution in [-0.2, 0) is 11.3 Å². The van der Waals surface area contributed by atoms with Crippen molar-refractivity contribution in [3.8, 4) is 0 Å². The molecule has 29 heavy (non-hydrogen) atoms. The van der Waals surface area contributed by atoms with Gasteiger partial charge < -0.3 is 10.1 Å². The van der Waals surface area contributed by atoms with E-state index in [9.17, 15) is 9.59 Å². The second-order valence-corrected chi connectivity index (χ2v) is 7.53. The largest absolute Gasteiger partial charge is 0.376 e. The van der Waals surface area contributed by atoms with Gasteiger partial charge in [0.2, 0.25) is 0 Å². The molecule has 1 aliphatic heterocycles. The van der Waals surface area contributed by atoms with Crippen LogP contribution in [0.3, 0.4) is 0 Å². The van der Waals surface area contributed by atoms with Crippen molar-refractivity contribution in [2.24, 2.45) is 0 Å². The Morgan fingerprint density at radius 2 is 2.00 bits per heavy atom. The second-order valence-electron chi connectivity index (χ2n) is 6.71. The molecule has 0 saturated carbocycles. The molecule has 0 unspecified atom stereocenters. The van der Waals surface area contributed by atoms with Crippen LogP contribution in [0.2, 0.25) is 10.0 Å². The topological polar surface area (TPSA) is 85.3 Å². The monoisotopic (exact) mass is 432 g/mol. The maximum absolute atomic E-state index is 12.7. The Hall–Kier alpha value is -2.61. The Morgan fingerprint density at radius 3 is 2.76 bits per heavy atom. The zero-order chi connectivity index (χ0) is 20.4. The van der Waals surface area contributed by atoms with Gasteiger partial charge in [-0.15, -0.1) is 0 Å². The first-order chi connectivity index (χ1) is 14.0. The Labute approximate surface area is 176 Å². The Kier molecular flexibility index (Phi) is 5.71. The van der Waals surface area contributed by atoms with Crippen molar-refractivity contribution < 1.29 is 9.53 Å². The number of hydrogen-bond acceptors (Lipinski definition) is 4. The summed E-state index contributed by atoms with van der Waals surface area (Å²) in [5.41, 5.74) is 0.540. The predicted octanol–water partition coefficient (Wildman–Crippen LogP) is 4.53. The zero-order valence-corrected chi connectivity index (χ0v) is 16.8. The van der Waals surface area contributed by atoms with Crippen molar-refractivity contribution in [3.63, 3.8) is 0 Å². The van der Waals surface area contributed by atoms with Gasteiger partial charge in [-0.1, -0.05) is 35.3 Å². The molecule has 4 rings (SSSR count). The van der Waals surface area contributed by atoms with Gasteiger partial charge in [-0.2, -0.15) is 4.98 Å². The summed E-state index contributed by atoms with van der Waals surface area (Å²) >= 11 is 11.9. The molecule has 1 fully saturated rings. The molecule has 0 spiro atoms.